The average Bonchev–Trinajstić information content (AvgIpc) is 3.50. The monoisotopic (exact) mass is 531 g/mol. The van der Waals surface area contributed by atoms with Crippen LogP contribution in [0.5, 0.6) is 23.0 Å². The van der Waals surface area contributed by atoms with Gasteiger partial charge in [0.1, 0.15) is 24.7 Å². The van der Waals surface area contributed by atoms with Crippen LogP contribution in [-0.4, -0.2) is 48.5 Å². The summed E-state index contributed by atoms with van der Waals surface area (Å²) in [7, 11) is 3.23. The van der Waals surface area contributed by atoms with Gasteiger partial charge in [0.05, 0.1) is 31.5 Å². The van der Waals surface area contributed by atoms with E-state index in [9.17, 15) is 9.59 Å². The van der Waals surface area contributed by atoms with Crippen LogP contribution < -0.4 is 30.1 Å². The number of benzene rings is 3. The van der Waals surface area contributed by atoms with Crippen LogP contribution in [0.1, 0.15) is 24.0 Å². The second kappa shape index (κ2) is 12.1. The number of hydrogen-bond acceptors (Lipinski definition) is 7. The second-order valence-electron chi connectivity index (χ2n) is 9.56. The lowest BCUT2D eigenvalue weighted by Gasteiger charge is -2.17. The third-order valence-electron chi connectivity index (χ3n) is 6.99. The van der Waals surface area contributed by atoms with Gasteiger partial charge in [-0.15, -0.1) is 0 Å². The van der Waals surface area contributed by atoms with E-state index in [4.69, 9.17) is 18.9 Å². The number of aromatic nitrogens is 2. The smallest absolute Gasteiger partial charge is 0.273 e. The number of H-pyrrole nitrogens is 1. The summed E-state index contributed by atoms with van der Waals surface area (Å²) in [4.78, 5) is 28.7. The molecule has 0 saturated carbocycles. The Bertz CT molecular complexity index is 1520. The van der Waals surface area contributed by atoms with E-state index in [1.807, 2.05) is 48.5 Å². The Morgan fingerprint density at radius 2 is 1.23 bits per heavy atom. The minimum atomic E-state index is -0.345. The predicted octanol–water partition coefficient (Wildman–Crippen LogP) is 3.96. The third kappa shape index (κ3) is 6.26. The van der Waals surface area contributed by atoms with Crippen LogP contribution in [0.3, 0.4) is 0 Å². The molecule has 0 atom stereocenters. The maximum absolute atomic E-state index is 13.4. The van der Waals surface area contributed by atoms with Gasteiger partial charge in [-0.1, -0.05) is 24.3 Å². The SMILES string of the molecule is COc1ccc(COc2cc3c(=O)[nH]n(CCN4CCCC4)c(=O)c3cc2OCc2ccc(OC)cc2)cc1. The van der Waals surface area contributed by atoms with Crippen LogP contribution in [0.2, 0.25) is 0 Å². The third-order valence-corrected chi connectivity index (χ3v) is 6.99. The van der Waals surface area contributed by atoms with E-state index in [0.29, 0.717) is 30.0 Å². The number of nitrogens with one attached hydrogen (secondary N) is 1. The molecule has 9 nitrogen and oxygen atoms in total. The zero-order valence-electron chi connectivity index (χ0n) is 22.3. The molecule has 0 aliphatic carbocycles. The van der Waals surface area contributed by atoms with E-state index in [2.05, 4.69) is 10.00 Å². The van der Waals surface area contributed by atoms with Gasteiger partial charge < -0.3 is 23.8 Å². The molecule has 2 heterocycles. The number of fused-ring (bicyclic) bond motifs is 1. The summed E-state index contributed by atoms with van der Waals surface area (Å²) >= 11 is 0. The van der Waals surface area contributed by atoms with E-state index in [0.717, 1.165) is 48.6 Å². The van der Waals surface area contributed by atoms with Crippen molar-refractivity contribution in [2.75, 3.05) is 33.9 Å². The van der Waals surface area contributed by atoms with Crippen LogP contribution >= 0.6 is 0 Å². The van der Waals surface area contributed by atoms with E-state index in [-0.39, 0.29) is 29.7 Å². The Hall–Kier alpha value is -4.24. The van der Waals surface area contributed by atoms with Gasteiger partial charge in [0, 0.05) is 6.54 Å². The fourth-order valence-electron chi connectivity index (χ4n) is 4.70. The van der Waals surface area contributed by atoms with Gasteiger partial charge in [-0.05, 0) is 73.5 Å². The first-order valence-electron chi connectivity index (χ1n) is 13.1. The van der Waals surface area contributed by atoms with Crippen molar-refractivity contribution < 1.29 is 18.9 Å². The fourth-order valence-corrected chi connectivity index (χ4v) is 4.70. The van der Waals surface area contributed by atoms with Crippen LogP contribution in [0.15, 0.2) is 70.3 Å². The number of rotatable bonds is 11. The maximum atomic E-state index is 13.4. The lowest BCUT2D eigenvalue weighted by molar-refractivity contribution is 0.256. The summed E-state index contributed by atoms with van der Waals surface area (Å²) < 4.78 is 24.1. The van der Waals surface area contributed by atoms with Crippen molar-refractivity contribution in [1.82, 2.24) is 14.7 Å². The highest BCUT2D eigenvalue weighted by Gasteiger charge is 2.17. The molecule has 3 aromatic carbocycles. The van der Waals surface area contributed by atoms with Gasteiger partial charge in [0.25, 0.3) is 11.1 Å². The van der Waals surface area contributed by atoms with Crippen LogP contribution in [0.4, 0.5) is 0 Å². The second-order valence-corrected chi connectivity index (χ2v) is 9.56. The van der Waals surface area contributed by atoms with Crippen molar-refractivity contribution in [1.29, 1.82) is 0 Å². The molecular weight excluding hydrogens is 498 g/mol. The van der Waals surface area contributed by atoms with Gasteiger partial charge in [-0.25, -0.2) is 4.68 Å². The Morgan fingerprint density at radius 1 is 0.718 bits per heavy atom. The molecule has 9 heteroatoms. The number of methoxy groups -OCH3 is 2. The number of hydrogen-bond donors (Lipinski definition) is 1. The highest BCUT2D eigenvalue weighted by Crippen LogP contribution is 2.32. The normalized spacial score (nSPS) is 13.5. The van der Waals surface area contributed by atoms with E-state index < -0.39 is 0 Å². The van der Waals surface area contributed by atoms with Gasteiger partial charge in [-0.2, -0.15) is 0 Å². The molecule has 0 bridgehead atoms. The molecule has 1 N–H and O–H groups in total. The molecule has 1 aliphatic rings. The van der Waals surface area contributed by atoms with E-state index in [1.165, 1.54) is 4.68 Å². The first-order chi connectivity index (χ1) is 19.0. The van der Waals surface area contributed by atoms with Crippen molar-refractivity contribution in [3.8, 4) is 23.0 Å². The fraction of sp³-hybridized carbons (Fsp3) is 0.333. The number of aromatic amines is 1. The summed E-state index contributed by atoms with van der Waals surface area (Å²) in [5, 5.41) is 3.30. The largest absolute Gasteiger partial charge is 0.497 e. The molecule has 4 aromatic rings. The Morgan fingerprint density at radius 3 is 1.74 bits per heavy atom. The molecule has 5 rings (SSSR count). The Balaban J connectivity index is 1.45. The zero-order chi connectivity index (χ0) is 27.2. The zero-order valence-corrected chi connectivity index (χ0v) is 22.3. The van der Waals surface area contributed by atoms with Crippen LogP contribution in [-0.2, 0) is 19.8 Å². The minimum Gasteiger partial charge on any atom is -0.497 e. The molecular formula is C30H33N3O6. The van der Waals surface area contributed by atoms with Crippen molar-refractivity contribution in [3.05, 3.63) is 92.5 Å². The molecule has 204 valence electrons. The molecule has 1 fully saturated rings. The molecule has 1 saturated heterocycles. The van der Waals surface area contributed by atoms with E-state index in [1.54, 1.807) is 26.4 Å². The maximum Gasteiger partial charge on any atom is 0.273 e. The summed E-state index contributed by atoms with van der Waals surface area (Å²) in [6, 6.07) is 18.3. The Kier molecular flexibility index (Phi) is 8.17. The first-order valence-corrected chi connectivity index (χ1v) is 13.1. The quantitative estimate of drug-likeness (QED) is 0.313. The van der Waals surface area contributed by atoms with Crippen molar-refractivity contribution in [3.63, 3.8) is 0 Å². The molecule has 39 heavy (non-hydrogen) atoms. The number of nitrogens with zero attached hydrogens (tertiary/aromatic N) is 2. The first kappa shape index (κ1) is 26.4. The molecule has 0 amide bonds. The summed E-state index contributed by atoms with van der Waals surface area (Å²) in [6.45, 7) is 3.67. The molecule has 0 unspecified atom stereocenters. The highest BCUT2D eigenvalue weighted by atomic mass is 16.5. The molecule has 1 aliphatic heterocycles. The molecule has 1 aromatic heterocycles. The average molecular weight is 532 g/mol. The van der Waals surface area contributed by atoms with Gasteiger partial charge in [-0.3, -0.25) is 14.7 Å². The molecule has 0 radical (unpaired) electrons. The highest BCUT2D eigenvalue weighted by molar-refractivity contribution is 5.84. The van der Waals surface area contributed by atoms with Crippen molar-refractivity contribution in [2.24, 2.45) is 0 Å². The van der Waals surface area contributed by atoms with Crippen LogP contribution in [0.25, 0.3) is 10.8 Å². The van der Waals surface area contributed by atoms with Crippen LogP contribution in [0, 0.1) is 0 Å². The summed E-state index contributed by atoms with van der Waals surface area (Å²) in [5.74, 6) is 2.27. The van der Waals surface area contributed by atoms with Gasteiger partial charge in [0.2, 0.25) is 0 Å². The molecule has 0 spiro atoms. The standard InChI is InChI=1S/C30H33N3O6/c1-36-23-9-5-21(6-10-23)19-38-27-17-25-26(18-28(27)39-20-22-7-11-24(37-2)12-8-22)30(35)33(31-29(25)34)16-15-32-13-3-4-14-32/h5-12,17-18H,3-4,13-16,19-20H2,1-2H3,(H,31,34). The van der Waals surface area contributed by atoms with E-state index >= 15 is 0 Å². The minimum absolute atomic E-state index is 0.249. The predicted molar refractivity (Wildman–Crippen MR) is 149 cm³/mol. The van der Waals surface area contributed by atoms with Crippen molar-refractivity contribution >= 4 is 10.8 Å². The lowest BCUT2D eigenvalue weighted by atomic mass is 10.1. The van der Waals surface area contributed by atoms with Gasteiger partial charge in [0.15, 0.2) is 11.5 Å². The number of likely N-dealkylation sites (tertiary alicyclic amines) is 1. The lowest BCUT2D eigenvalue weighted by Crippen LogP contribution is -2.34. The number of ether oxygens (including phenoxy) is 4. The van der Waals surface area contributed by atoms with Gasteiger partial charge >= 0.3 is 0 Å². The summed E-state index contributed by atoms with van der Waals surface area (Å²) in [5.41, 5.74) is 1.23. The topological polar surface area (TPSA) is 95.0 Å². The summed E-state index contributed by atoms with van der Waals surface area (Å²) in [6.07, 6.45) is 2.33. The van der Waals surface area contributed by atoms with Crippen molar-refractivity contribution in [2.45, 2.75) is 32.6 Å². The Labute approximate surface area is 226 Å².